The summed E-state index contributed by atoms with van der Waals surface area (Å²) in [6.07, 6.45) is 0. The van der Waals surface area contributed by atoms with Crippen LogP contribution in [0.25, 0.3) is 0 Å². The van der Waals surface area contributed by atoms with E-state index in [2.05, 4.69) is 27.1 Å². The molecule has 1 rings (SSSR count). The molecule has 0 aliphatic heterocycles. The molecule has 0 unspecified atom stereocenters. The normalized spacial score (nSPS) is 10.1. The van der Waals surface area contributed by atoms with E-state index in [4.69, 9.17) is 4.74 Å². The van der Waals surface area contributed by atoms with Crippen LogP contribution in [-0.2, 0) is 4.74 Å². The van der Waals surface area contributed by atoms with Crippen LogP contribution in [0.2, 0.25) is 0 Å². The predicted molar refractivity (Wildman–Crippen MR) is 59.6 cm³/mol. The largest absolute Gasteiger partial charge is 0.375 e. The molecule has 1 heterocycles. The van der Waals surface area contributed by atoms with Gasteiger partial charge in [-0.05, 0) is 6.92 Å². The molecule has 0 fully saturated rings. The molecule has 1 aromatic heterocycles. The van der Waals surface area contributed by atoms with Crippen molar-refractivity contribution in [2.24, 2.45) is 0 Å². The number of hydrogen-bond acceptors (Lipinski definition) is 5. The number of nitrogens with zero attached hydrogens (tertiary/aromatic N) is 1. The molecule has 0 amide bonds. The fraction of sp³-hybridized carbons (Fsp3) is 0.444. The average Bonchev–Trinajstić information content (AvgIpc) is 2.20. The van der Waals surface area contributed by atoms with Gasteiger partial charge in [-0.15, -0.1) is 5.10 Å². The molecule has 16 heavy (non-hydrogen) atoms. The van der Waals surface area contributed by atoms with Crippen LogP contribution < -0.4 is 16.6 Å². The SMILES string of the molecule is C=C(C)COCCNc1n[nH]c(=O)[nH]c1=O. The Kier molecular flexibility index (Phi) is 4.46. The first-order valence-electron chi connectivity index (χ1n) is 4.74. The maximum Gasteiger partial charge on any atom is 0.342 e. The minimum Gasteiger partial charge on any atom is -0.375 e. The Bertz CT molecular complexity index is 462. The number of aromatic amines is 2. The lowest BCUT2D eigenvalue weighted by atomic mass is 10.4. The summed E-state index contributed by atoms with van der Waals surface area (Å²) in [6.45, 7) is 6.88. The van der Waals surface area contributed by atoms with Crippen molar-refractivity contribution in [2.45, 2.75) is 6.92 Å². The summed E-state index contributed by atoms with van der Waals surface area (Å²) >= 11 is 0. The topological polar surface area (TPSA) is 99.9 Å². The smallest absolute Gasteiger partial charge is 0.342 e. The summed E-state index contributed by atoms with van der Waals surface area (Å²) in [5.41, 5.74) is -0.252. The highest BCUT2D eigenvalue weighted by molar-refractivity contribution is 5.28. The van der Waals surface area contributed by atoms with Crippen molar-refractivity contribution in [2.75, 3.05) is 25.1 Å². The Balaban J connectivity index is 2.35. The lowest BCUT2D eigenvalue weighted by Gasteiger charge is -2.04. The van der Waals surface area contributed by atoms with E-state index < -0.39 is 11.2 Å². The molecule has 0 saturated carbocycles. The van der Waals surface area contributed by atoms with Gasteiger partial charge in [-0.25, -0.2) is 9.89 Å². The van der Waals surface area contributed by atoms with Gasteiger partial charge in [-0.2, -0.15) is 0 Å². The van der Waals surface area contributed by atoms with Crippen molar-refractivity contribution in [3.63, 3.8) is 0 Å². The van der Waals surface area contributed by atoms with Gasteiger partial charge in [0.25, 0.3) is 5.56 Å². The maximum atomic E-state index is 11.2. The predicted octanol–water partition coefficient (Wildman–Crippen LogP) is -0.537. The van der Waals surface area contributed by atoms with Crippen molar-refractivity contribution < 1.29 is 4.74 Å². The molecule has 88 valence electrons. The third-order valence-corrected chi connectivity index (χ3v) is 1.60. The molecule has 0 bridgehead atoms. The van der Waals surface area contributed by atoms with E-state index in [0.29, 0.717) is 19.8 Å². The van der Waals surface area contributed by atoms with Gasteiger partial charge in [0.15, 0.2) is 0 Å². The van der Waals surface area contributed by atoms with Crippen LogP contribution in [0, 0.1) is 0 Å². The molecule has 0 aliphatic rings. The Hall–Kier alpha value is -1.89. The van der Waals surface area contributed by atoms with E-state index >= 15 is 0 Å². The van der Waals surface area contributed by atoms with E-state index in [1.165, 1.54) is 0 Å². The van der Waals surface area contributed by atoms with E-state index in [-0.39, 0.29) is 5.82 Å². The first-order chi connectivity index (χ1) is 7.59. The van der Waals surface area contributed by atoms with Crippen molar-refractivity contribution in [1.29, 1.82) is 0 Å². The summed E-state index contributed by atoms with van der Waals surface area (Å²) in [7, 11) is 0. The second kappa shape index (κ2) is 5.86. The number of H-pyrrole nitrogens is 2. The molecule has 0 aromatic carbocycles. The van der Waals surface area contributed by atoms with Crippen LogP contribution in [0.4, 0.5) is 5.82 Å². The van der Waals surface area contributed by atoms with Crippen LogP contribution in [0.1, 0.15) is 6.92 Å². The number of ether oxygens (including phenoxy) is 1. The quantitative estimate of drug-likeness (QED) is 0.447. The van der Waals surface area contributed by atoms with Gasteiger partial charge in [0.05, 0.1) is 13.2 Å². The lowest BCUT2D eigenvalue weighted by molar-refractivity contribution is 0.167. The zero-order valence-electron chi connectivity index (χ0n) is 9.00. The third-order valence-electron chi connectivity index (χ3n) is 1.60. The lowest BCUT2D eigenvalue weighted by Crippen LogP contribution is -2.27. The summed E-state index contributed by atoms with van der Waals surface area (Å²) in [5, 5.41) is 8.40. The highest BCUT2D eigenvalue weighted by atomic mass is 16.5. The van der Waals surface area contributed by atoms with E-state index in [9.17, 15) is 9.59 Å². The van der Waals surface area contributed by atoms with Gasteiger partial charge in [0, 0.05) is 6.54 Å². The molecule has 7 nitrogen and oxygen atoms in total. The Morgan fingerprint density at radius 1 is 1.56 bits per heavy atom. The van der Waals surface area contributed by atoms with E-state index in [0.717, 1.165) is 5.57 Å². The van der Waals surface area contributed by atoms with Gasteiger partial charge in [0.1, 0.15) is 0 Å². The second-order valence-electron chi connectivity index (χ2n) is 3.29. The molecule has 7 heteroatoms. The molecule has 0 spiro atoms. The van der Waals surface area contributed by atoms with Gasteiger partial charge >= 0.3 is 5.69 Å². The zero-order valence-corrected chi connectivity index (χ0v) is 9.00. The molecule has 0 atom stereocenters. The van der Waals surface area contributed by atoms with Gasteiger partial charge in [-0.1, -0.05) is 12.2 Å². The van der Waals surface area contributed by atoms with Crippen LogP contribution in [0.5, 0.6) is 0 Å². The number of aromatic nitrogens is 3. The highest BCUT2D eigenvalue weighted by Gasteiger charge is 2.00. The monoisotopic (exact) mass is 226 g/mol. The second-order valence-corrected chi connectivity index (χ2v) is 3.29. The minimum absolute atomic E-state index is 0.0681. The van der Waals surface area contributed by atoms with Crippen molar-refractivity contribution in [1.82, 2.24) is 15.2 Å². The summed E-state index contributed by atoms with van der Waals surface area (Å²) in [6, 6.07) is 0. The molecule has 3 N–H and O–H groups in total. The molecule has 0 saturated heterocycles. The van der Waals surface area contributed by atoms with Crippen LogP contribution in [0.15, 0.2) is 21.7 Å². The molecule has 1 aromatic rings. The van der Waals surface area contributed by atoms with Crippen molar-refractivity contribution in [3.8, 4) is 0 Å². The van der Waals surface area contributed by atoms with Crippen LogP contribution >= 0.6 is 0 Å². The zero-order chi connectivity index (χ0) is 12.0. The number of anilines is 1. The van der Waals surface area contributed by atoms with E-state index in [1.807, 2.05) is 6.92 Å². The van der Waals surface area contributed by atoms with Gasteiger partial charge < -0.3 is 10.1 Å². The number of nitrogens with one attached hydrogen (secondary N) is 3. The number of hydrogen-bond donors (Lipinski definition) is 3. The fourth-order valence-corrected chi connectivity index (χ4v) is 0.956. The summed E-state index contributed by atoms with van der Waals surface area (Å²) in [4.78, 5) is 23.9. The van der Waals surface area contributed by atoms with Crippen molar-refractivity contribution in [3.05, 3.63) is 33.0 Å². The maximum absolute atomic E-state index is 11.2. The first kappa shape index (κ1) is 12.2. The Morgan fingerprint density at radius 3 is 2.94 bits per heavy atom. The first-order valence-corrected chi connectivity index (χ1v) is 4.74. The molecular formula is C9H14N4O3. The number of rotatable bonds is 6. The summed E-state index contributed by atoms with van der Waals surface area (Å²) in [5.74, 6) is 0.0681. The standard InChI is InChI=1S/C9H14N4O3/c1-6(2)5-16-4-3-10-7-8(14)11-9(15)13-12-7/h1,3-5H2,2H3,(H,10,12)(H2,11,13,14,15). The van der Waals surface area contributed by atoms with Crippen LogP contribution in [0.3, 0.4) is 0 Å². The van der Waals surface area contributed by atoms with Gasteiger partial charge in [-0.3, -0.25) is 9.78 Å². The van der Waals surface area contributed by atoms with Crippen molar-refractivity contribution >= 4 is 5.82 Å². The highest BCUT2D eigenvalue weighted by Crippen LogP contribution is 1.89. The third kappa shape index (κ3) is 4.09. The molecule has 0 radical (unpaired) electrons. The van der Waals surface area contributed by atoms with Crippen LogP contribution in [-0.4, -0.2) is 34.9 Å². The Morgan fingerprint density at radius 2 is 2.31 bits per heavy atom. The minimum atomic E-state index is -0.630. The van der Waals surface area contributed by atoms with E-state index in [1.54, 1.807) is 0 Å². The average molecular weight is 226 g/mol. The van der Waals surface area contributed by atoms with Gasteiger partial charge in [0.2, 0.25) is 5.82 Å². The fourth-order valence-electron chi connectivity index (χ4n) is 0.956. The molecular weight excluding hydrogens is 212 g/mol. The molecule has 0 aliphatic carbocycles. The summed E-state index contributed by atoms with van der Waals surface area (Å²) < 4.78 is 5.21. The Labute approximate surface area is 91.5 Å².